The molecule has 0 bridgehead atoms. The van der Waals surface area contributed by atoms with Crippen LogP contribution in [0.4, 0.5) is 0 Å². The highest BCUT2D eigenvalue weighted by molar-refractivity contribution is 5.41. The van der Waals surface area contributed by atoms with Gasteiger partial charge >= 0.3 is 0 Å². The summed E-state index contributed by atoms with van der Waals surface area (Å²) in [4.78, 5) is 0. The van der Waals surface area contributed by atoms with Crippen molar-refractivity contribution < 1.29 is 0 Å². The van der Waals surface area contributed by atoms with Gasteiger partial charge in [0.15, 0.2) is 0 Å². The lowest BCUT2D eigenvalue weighted by molar-refractivity contribution is -0.112. The van der Waals surface area contributed by atoms with E-state index >= 15 is 0 Å². The Morgan fingerprint density at radius 2 is 0.911 bits per heavy atom. The maximum Gasteiger partial charge on any atom is -0.0151 e. The van der Waals surface area contributed by atoms with Crippen molar-refractivity contribution in [3.05, 3.63) is 105 Å². The van der Waals surface area contributed by atoms with Crippen LogP contribution in [0.2, 0.25) is 0 Å². The molecule has 3 aromatic carbocycles. The molecule has 45 heavy (non-hydrogen) atoms. The molecule has 3 saturated carbocycles. The molecule has 242 valence electrons. The van der Waals surface area contributed by atoms with Crippen LogP contribution in [-0.4, -0.2) is 0 Å². The molecular formula is C45H62. The Labute approximate surface area is 276 Å². The summed E-state index contributed by atoms with van der Waals surface area (Å²) in [6, 6.07) is 24.0. The molecule has 0 radical (unpaired) electrons. The van der Waals surface area contributed by atoms with Gasteiger partial charge in [0.05, 0.1) is 0 Å². The predicted molar refractivity (Wildman–Crippen MR) is 194 cm³/mol. The Bertz CT molecular complexity index is 1400. The number of aryl methyl sites for hydroxylation is 5. The Balaban J connectivity index is 1.44. The number of benzene rings is 3. The van der Waals surface area contributed by atoms with E-state index in [2.05, 4.69) is 109 Å². The standard InChI is InChI=1S/C45H62/c1-8-32-17-13-14-22-42(32)38-27-40-24-23-37(43-33(9-2)18-15-19-34(43)10-3)25-30(6)45(40)31(7)26-39(29-41(45)28-38)44-35(11-4)20-16-21-36(44)12-5/h13-22,30-31,37-41H,8-12,23-29H2,1-7H3/t30?,31-,37+,38?,39?,40+,41+,45?/m1/s1. The summed E-state index contributed by atoms with van der Waals surface area (Å²) in [5.74, 6) is 5.29. The monoisotopic (exact) mass is 602 g/mol. The summed E-state index contributed by atoms with van der Waals surface area (Å²) in [6.45, 7) is 17.3. The maximum absolute atomic E-state index is 2.73. The van der Waals surface area contributed by atoms with E-state index in [4.69, 9.17) is 0 Å². The molecule has 3 aliphatic rings. The first kappa shape index (κ1) is 32.6. The molecule has 0 heteroatoms. The van der Waals surface area contributed by atoms with E-state index in [0.29, 0.717) is 23.2 Å². The van der Waals surface area contributed by atoms with E-state index in [1.807, 2.05) is 0 Å². The number of rotatable bonds is 8. The average Bonchev–Trinajstić information content (AvgIpc) is 3.23. The lowest BCUT2D eigenvalue weighted by Crippen LogP contribution is -2.54. The molecule has 4 unspecified atom stereocenters. The molecule has 0 nitrogen and oxygen atoms in total. The smallest absolute Gasteiger partial charge is 0.0151 e. The number of hydrogen-bond donors (Lipinski definition) is 0. The fourth-order valence-electron chi connectivity index (χ4n) is 12.1. The van der Waals surface area contributed by atoms with E-state index < -0.39 is 0 Å². The van der Waals surface area contributed by atoms with Crippen molar-refractivity contribution in [1.29, 1.82) is 0 Å². The van der Waals surface area contributed by atoms with Gasteiger partial charge in [-0.1, -0.05) is 109 Å². The van der Waals surface area contributed by atoms with Gasteiger partial charge in [0.2, 0.25) is 0 Å². The zero-order valence-corrected chi connectivity index (χ0v) is 29.8. The van der Waals surface area contributed by atoms with Gasteiger partial charge in [0.25, 0.3) is 0 Å². The maximum atomic E-state index is 2.73. The van der Waals surface area contributed by atoms with Gasteiger partial charge in [-0.25, -0.2) is 0 Å². The molecule has 6 rings (SSSR count). The van der Waals surface area contributed by atoms with Crippen LogP contribution in [-0.2, 0) is 32.1 Å². The van der Waals surface area contributed by atoms with Crippen molar-refractivity contribution in [2.24, 2.45) is 29.1 Å². The summed E-state index contributed by atoms with van der Waals surface area (Å²) in [5, 5.41) is 0. The summed E-state index contributed by atoms with van der Waals surface area (Å²) in [5.41, 5.74) is 13.7. The van der Waals surface area contributed by atoms with E-state index in [9.17, 15) is 0 Å². The SMILES string of the molecule is CCc1ccccc1C1C[C@@H]2CC[C@H](c3c(CC)cccc3CC)CC(C)C23[C@@H](C1)CC(c1c(CC)cccc1CC)C[C@H]3C. The zero-order valence-electron chi connectivity index (χ0n) is 29.8. The van der Waals surface area contributed by atoms with Crippen LogP contribution in [0, 0.1) is 29.1 Å². The van der Waals surface area contributed by atoms with Crippen LogP contribution in [0.15, 0.2) is 60.7 Å². The molecule has 3 aliphatic carbocycles. The van der Waals surface area contributed by atoms with Crippen LogP contribution in [0.25, 0.3) is 0 Å². The molecule has 0 saturated heterocycles. The molecule has 1 spiro atoms. The lowest BCUT2D eigenvalue weighted by atomic mass is 9.42. The van der Waals surface area contributed by atoms with Gasteiger partial charge < -0.3 is 0 Å². The van der Waals surface area contributed by atoms with E-state index in [-0.39, 0.29) is 0 Å². The Hall–Kier alpha value is -2.34. The van der Waals surface area contributed by atoms with E-state index in [1.54, 1.807) is 44.5 Å². The summed E-state index contributed by atoms with van der Waals surface area (Å²) in [7, 11) is 0. The fraction of sp³-hybridized carbons (Fsp3) is 0.600. The summed E-state index contributed by atoms with van der Waals surface area (Å²) < 4.78 is 0. The minimum Gasteiger partial charge on any atom is -0.0620 e. The van der Waals surface area contributed by atoms with Crippen LogP contribution >= 0.6 is 0 Å². The fourth-order valence-corrected chi connectivity index (χ4v) is 12.1. The van der Waals surface area contributed by atoms with Crippen LogP contribution < -0.4 is 0 Å². The minimum atomic E-state index is 0.462. The lowest BCUT2D eigenvalue weighted by Gasteiger charge is -2.62. The normalized spacial score (nSPS) is 31.6. The topological polar surface area (TPSA) is 0 Å². The minimum absolute atomic E-state index is 0.462. The Morgan fingerprint density at radius 1 is 0.467 bits per heavy atom. The molecular weight excluding hydrogens is 540 g/mol. The summed E-state index contributed by atoms with van der Waals surface area (Å²) in [6.07, 6.45) is 15.6. The number of hydrogen-bond acceptors (Lipinski definition) is 0. The second-order valence-electron chi connectivity index (χ2n) is 15.5. The Morgan fingerprint density at radius 3 is 1.47 bits per heavy atom. The highest BCUT2D eigenvalue weighted by Crippen LogP contribution is 2.68. The first-order chi connectivity index (χ1) is 21.9. The van der Waals surface area contributed by atoms with Gasteiger partial charge in [-0.05, 0) is 168 Å². The van der Waals surface area contributed by atoms with Gasteiger partial charge in [-0.3, -0.25) is 0 Å². The van der Waals surface area contributed by atoms with Crippen molar-refractivity contribution in [2.75, 3.05) is 0 Å². The van der Waals surface area contributed by atoms with Gasteiger partial charge in [0.1, 0.15) is 0 Å². The molecule has 0 heterocycles. The quantitative estimate of drug-likeness (QED) is 0.241. The van der Waals surface area contributed by atoms with Gasteiger partial charge in [-0.2, -0.15) is 0 Å². The first-order valence-corrected chi connectivity index (χ1v) is 19.2. The molecule has 0 aliphatic heterocycles. The van der Waals surface area contributed by atoms with Crippen molar-refractivity contribution in [3.63, 3.8) is 0 Å². The van der Waals surface area contributed by atoms with Gasteiger partial charge in [-0.15, -0.1) is 0 Å². The molecule has 0 amide bonds. The second kappa shape index (κ2) is 13.8. The Kier molecular flexibility index (Phi) is 9.99. The van der Waals surface area contributed by atoms with Crippen molar-refractivity contribution in [1.82, 2.24) is 0 Å². The summed E-state index contributed by atoms with van der Waals surface area (Å²) >= 11 is 0. The van der Waals surface area contributed by atoms with Crippen LogP contribution in [0.3, 0.4) is 0 Å². The molecule has 0 N–H and O–H groups in total. The molecule has 3 aromatic rings. The highest BCUT2D eigenvalue weighted by Gasteiger charge is 2.59. The zero-order chi connectivity index (χ0) is 31.7. The van der Waals surface area contributed by atoms with Crippen molar-refractivity contribution in [2.45, 2.75) is 143 Å². The van der Waals surface area contributed by atoms with Crippen LogP contribution in [0.5, 0.6) is 0 Å². The first-order valence-electron chi connectivity index (χ1n) is 19.2. The molecule has 3 fully saturated rings. The van der Waals surface area contributed by atoms with Crippen molar-refractivity contribution >= 4 is 0 Å². The van der Waals surface area contributed by atoms with Gasteiger partial charge in [0, 0.05) is 0 Å². The predicted octanol–water partition coefficient (Wildman–Crippen LogP) is 12.4. The second-order valence-corrected chi connectivity index (χ2v) is 15.5. The largest absolute Gasteiger partial charge is 0.0620 e. The van der Waals surface area contributed by atoms with E-state index in [1.165, 1.54) is 44.9 Å². The third kappa shape index (κ3) is 5.65. The van der Waals surface area contributed by atoms with Crippen LogP contribution in [0.1, 0.15) is 156 Å². The third-order valence-electron chi connectivity index (χ3n) is 13.8. The molecule has 0 aromatic heterocycles. The third-order valence-corrected chi connectivity index (χ3v) is 13.8. The highest BCUT2D eigenvalue weighted by atomic mass is 14.6. The average molecular weight is 603 g/mol. The van der Waals surface area contributed by atoms with E-state index in [0.717, 1.165) is 55.8 Å². The van der Waals surface area contributed by atoms with Crippen molar-refractivity contribution in [3.8, 4) is 0 Å². The molecule has 8 atom stereocenters.